The number of para-hydroxylation sites is 1. The van der Waals surface area contributed by atoms with Crippen molar-refractivity contribution in [3.8, 4) is 5.75 Å². The highest BCUT2D eigenvalue weighted by Gasteiger charge is 2.25. The van der Waals surface area contributed by atoms with Gasteiger partial charge in [0.25, 0.3) is 0 Å². The summed E-state index contributed by atoms with van der Waals surface area (Å²) in [6.45, 7) is 7.25. The van der Waals surface area contributed by atoms with E-state index in [9.17, 15) is 4.79 Å². The fraction of sp³-hybridized carbons (Fsp3) is 0.320. The quantitative estimate of drug-likeness (QED) is 0.651. The van der Waals surface area contributed by atoms with E-state index < -0.39 is 0 Å². The Morgan fingerprint density at radius 3 is 2.40 bits per heavy atom. The van der Waals surface area contributed by atoms with Crippen LogP contribution in [-0.2, 0) is 4.79 Å². The number of amides is 1. The molecule has 156 valence electrons. The third kappa shape index (κ3) is 5.17. The third-order valence-corrected chi connectivity index (χ3v) is 5.77. The Morgan fingerprint density at radius 2 is 1.63 bits per heavy atom. The van der Waals surface area contributed by atoms with Crippen molar-refractivity contribution in [2.45, 2.75) is 13.0 Å². The molecular weight excluding hydrogens is 374 g/mol. The molecule has 4 rings (SSSR count). The lowest BCUT2D eigenvalue weighted by Gasteiger charge is -2.37. The summed E-state index contributed by atoms with van der Waals surface area (Å²) < 4.78 is 5.80. The Morgan fingerprint density at radius 1 is 0.933 bits per heavy atom. The molecule has 1 aliphatic rings. The first-order valence-corrected chi connectivity index (χ1v) is 10.6. The Labute approximate surface area is 178 Å². The topological polar surface area (TPSA) is 44.8 Å². The molecule has 0 aromatic heterocycles. The molecule has 1 saturated heterocycles. The van der Waals surface area contributed by atoms with Crippen LogP contribution in [0.3, 0.4) is 0 Å². The maximum Gasteiger partial charge on any atom is 0.241 e. The Balaban J connectivity index is 1.23. The van der Waals surface area contributed by atoms with Crippen molar-refractivity contribution in [1.82, 2.24) is 9.80 Å². The number of rotatable bonds is 7. The summed E-state index contributed by atoms with van der Waals surface area (Å²) in [7, 11) is 0. The van der Waals surface area contributed by atoms with Gasteiger partial charge in [0.1, 0.15) is 12.4 Å². The lowest BCUT2D eigenvalue weighted by molar-refractivity contribution is -0.121. The van der Waals surface area contributed by atoms with Crippen molar-refractivity contribution >= 4 is 22.4 Å². The minimum absolute atomic E-state index is 0.0474. The standard InChI is InChI=1S/C25H29N3O2/c1-20(25(29)26-23-12-11-21-7-5-6-8-22(21)19-23)28-15-13-27(14-16-28)17-18-30-24-9-3-2-4-10-24/h2-12,19-20H,13-18H2,1H3,(H,26,29)/t20-/m1/s1. The van der Waals surface area contributed by atoms with Gasteiger partial charge in [0.05, 0.1) is 6.04 Å². The molecular formula is C25H29N3O2. The second-order valence-electron chi connectivity index (χ2n) is 7.77. The number of carbonyl (C=O) groups is 1. The highest BCUT2D eigenvalue weighted by Crippen LogP contribution is 2.19. The molecule has 1 heterocycles. The number of hydrogen-bond donors (Lipinski definition) is 1. The van der Waals surface area contributed by atoms with E-state index in [4.69, 9.17) is 4.74 Å². The summed E-state index contributed by atoms with van der Waals surface area (Å²) in [5, 5.41) is 5.39. The summed E-state index contributed by atoms with van der Waals surface area (Å²) >= 11 is 0. The van der Waals surface area contributed by atoms with E-state index in [-0.39, 0.29) is 11.9 Å². The Bertz CT molecular complexity index is 968. The summed E-state index contributed by atoms with van der Waals surface area (Å²) in [5.74, 6) is 0.960. The second kappa shape index (κ2) is 9.74. The maximum absolute atomic E-state index is 12.8. The van der Waals surface area contributed by atoms with Gasteiger partial charge in [0, 0.05) is 38.4 Å². The highest BCUT2D eigenvalue weighted by molar-refractivity contribution is 5.97. The van der Waals surface area contributed by atoms with Crippen molar-refractivity contribution in [2.75, 3.05) is 44.6 Å². The van der Waals surface area contributed by atoms with Gasteiger partial charge in [0.15, 0.2) is 0 Å². The van der Waals surface area contributed by atoms with E-state index in [2.05, 4.69) is 27.2 Å². The van der Waals surface area contributed by atoms with Crippen LogP contribution in [0.4, 0.5) is 5.69 Å². The first kappa shape index (κ1) is 20.4. The Hall–Kier alpha value is -2.89. The zero-order valence-corrected chi connectivity index (χ0v) is 17.5. The number of nitrogens with zero attached hydrogens (tertiary/aromatic N) is 2. The van der Waals surface area contributed by atoms with Crippen LogP contribution in [0.15, 0.2) is 72.8 Å². The molecule has 1 atom stereocenters. The molecule has 0 unspecified atom stereocenters. The van der Waals surface area contributed by atoms with Crippen molar-refractivity contribution in [3.63, 3.8) is 0 Å². The molecule has 0 bridgehead atoms. The molecule has 0 aliphatic carbocycles. The molecule has 30 heavy (non-hydrogen) atoms. The van der Waals surface area contributed by atoms with Gasteiger partial charge in [-0.2, -0.15) is 0 Å². The molecule has 5 heteroatoms. The van der Waals surface area contributed by atoms with Crippen molar-refractivity contribution in [1.29, 1.82) is 0 Å². The van der Waals surface area contributed by atoms with Crippen LogP contribution in [0.1, 0.15) is 6.92 Å². The molecule has 1 amide bonds. The molecule has 0 spiro atoms. The number of benzene rings is 3. The van der Waals surface area contributed by atoms with Gasteiger partial charge in [-0.25, -0.2) is 0 Å². The molecule has 3 aromatic carbocycles. The number of nitrogens with one attached hydrogen (secondary N) is 1. The summed E-state index contributed by atoms with van der Waals surface area (Å²) in [6, 6.07) is 24.0. The normalized spacial score (nSPS) is 16.3. The zero-order chi connectivity index (χ0) is 20.8. The lowest BCUT2D eigenvalue weighted by Crippen LogP contribution is -2.53. The van der Waals surface area contributed by atoms with Crippen LogP contribution in [0.5, 0.6) is 5.75 Å². The van der Waals surface area contributed by atoms with Crippen LogP contribution in [0, 0.1) is 0 Å². The molecule has 3 aromatic rings. The summed E-state index contributed by atoms with van der Waals surface area (Å²) in [6.07, 6.45) is 0. The molecule has 0 radical (unpaired) electrons. The van der Waals surface area contributed by atoms with Crippen LogP contribution < -0.4 is 10.1 Å². The van der Waals surface area contributed by atoms with Gasteiger partial charge in [-0.05, 0) is 42.0 Å². The average molecular weight is 404 g/mol. The van der Waals surface area contributed by atoms with Gasteiger partial charge in [-0.3, -0.25) is 14.6 Å². The number of anilines is 1. The Kier molecular flexibility index (Phi) is 6.62. The monoisotopic (exact) mass is 403 g/mol. The molecule has 1 aliphatic heterocycles. The minimum atomic E-state index is -0.154. The number of piperazine rings is 1. The van der Waals surface area contributed by atoms with Gasteiger partial charge < -0.3 is 10.1 Å². The van der Waals surface area contributed by atoms with E-state index in [0.717, 1.165) is 49.5 Å². The SMILES string of the molecule is C[C@H](C(=O)Nc1ccc2ccccc2c1)N1CCN(CCOc2ccccc2)CC1. The minimum Gasteiger partial charge on any atom is -0.492 e. The number of hydrogen-bond acceptors (Lipinski definition) is 4. The van der Waals surface area contributed by atoms with Crippen LogP contribution in [0.25, 0.3) is 10.8 Å². The fourth-order valence-electron chi connectivity index (χ4n) is 3.86. The van der Waals surface area contributed by atoms with Crippen LogP contribution in [0.2, 0.25) is 0 Å². The third-order valence-electron chi connectivity index (χ3n) is 5.77. The van der Waals surface area contributed by atoms with Gasteiger partial charge in [-0.1, -0.05) is 48.5 Å². The molecule has 1 fully saturated rings. The van der Waals surface area contributed by atoms with Crippen molar-refractivity contribution in [3.05, 3.63) is 72.8 Å². The predicted molar refractivity (Wildman–Crippen MR) is 122 cm³/mol. The predicted octanol–water partition coefficient (Wildman–Crippen LogP) is 3.86. The molecule has 1 N–H and O–H groups in total. The van der Waals surface area contributed by atoms with Crippen molar-refractivity contribution < 1.29 is 9.53 Å². The lowest BCUT2D eigenvalue weighted by atomic mass is 10.1. The maximum atomic E-state index is 12.8. The smallest absolute Gasteiger partial charge is 0.241 e. The number of carbonyl (C=O) groups excluding carboxylic acids is 1. The molecule has 0 saturated carbocycles. The van der Waals surface area contributed by atoms with E-state index in [1.54, 1.807) is 0 Å². The fourth-order valence-corrected chi connectivity index (χ4v) is 3.86. The first-order valence-electron chi connectivity index (χ1n) is 10.6. The van der Waals surface area contributed by atoms with E-state index in [0.29, 0.717) is 6.61 Å². The number of ether oxygens (including phenoxy) is 1. The van der Waals surface area contributed by atoms with Crippen LogP contribution in [-0.4, -0.2) is 61.1 Å². The summed E-state index contributed by atoms with van der Waals surface area (Å²) in [5.41, 5.74) is 0.849. The van der Waals surface area contributed by atoms with E-state index in [1.807, 2.05) is 67.6 Å². The number of fused-ring (bicyclic) bond motifs is 1. The molecule has 5 nitrogen and oxygen atoms in total. The van der Waals surface area contributed by atoms with E-state index >= 15 is 0 Å². The van der Waals surface area contributed by atoms with E-state index in [1.165, 1.54) is 5.39 Å². The first-order chi connectivity index (χ1) is 14.7. The zero-order valence-electron chi connectivity index (χ0n) is 17.5. The summed E-state index contributed by atoms with van der Waals surface area (Å²) in [4.78, 5) is 17.4. The van der Waals surface area contributed by atoms with Gasteiger partial charge >= 0.3 is 0 Å². The largest absolute Gasteiger partial charge is 0.492 e. The van der Waals surface area contributed by atoms with Crippen LogP contribution >= 0.6 is 0 Å². The average Bonchev–Trinajstić information content (AvgIpc) is 2.80. The van der Waals surface area contributed by atoms with Gasteiger partial charge in [0.2, 0.25) is 5.91 Å². The second-order valence-corrected chi connectivity index (χ2v) is 7.77. The van der Waals surface area contributed by atoms with Gasteiger partial charge in [-0.15, -0.1) is 0 Å². The highest BCUT2D eigenvalue weighted by atomic mass is 16.5. The van der Waals surface area contributed by atoms with Crippen molar-refractivity contribution in [2.24, 2.45) is 0 Å².